The average molecular weight is 226 g/mol. The topological polar surface area (TPSA) is 98.3 Å². The van der Waals surface area contributed by atoms with Crippen molar-refractivity contribution in [1.82, 2.24) is 15.1 Å². The first kappa shape index (κ1) is 12.2. The van der Waals surface area contributed by atoms with Gasteiger partial charge in [-0.3, -0.25) is 9.89 Å². The number of rotatable bonds is 5. The molecule has 0 radical (unpaired) electrons. The summed E-state index contributed by atoms with van der Waals surface area (Å²) < 4.78 is 0. The van der Waals surface area contributed by atoms with Crippen molar-refractivity contribution in [1.29, 1.82) is 0 Å². The van der Waals surface area contributed by atoms with Crippen LogP contribution in [0.5, 0.6) is 0 Å². The smallest absolute Gasteiger partial charge is 0.353 e. The fourth-order valence-electron chi connectivity index (χ4n) is 1.03. The number of carbonyl (C=O) groups is 2. The molecule has 88 valence electrons. The third kappa shape index (κ3) is 3.70. The molecule has 1 rings (SSSR count). The highest BCUT2D eigenvalue weighted by Crippen LogP contribution is 2.05. The summed E-state index contributed by atoms with van der Waals surface area (Å²) in [6.07, 6.45) is 0.336. The van der Waals surface area contributed by atoms with E-state index in [0.29, 0.717) is 13.0 Å². The fraction of sp³-hybridized carbons (Fsp3) is 0.444. The molecule has 0 saturated carbocycles. The van der Waals surface area contributed by atoms with Crippen LogP contribution in [0.3, 0.4) is 0 Å². The lowest BCUT2D eigenvalue weighted by atomic mass is 10.3. The molecule has 7 nitrogen and oxygen atoms in total. The highest BCUT2D eigenvalue weighted by molar-refractivity contribution is 5.92. The van der Waals surface area contributed by atoms with Gasteiger partial charge in [-0.05, 0) is 14.1 Å². The highest BCUT2D eigenvalue weighted by atomic mass is 16.4. The van der Waals surface area contributed by atoms with Crippen LogP contribution >= 0.6 is 0 Å². The second-order valence-electron chi connectivity index (χ2n) is 3.57. The quantitative estimate of drug-likeness (QED) is 0.656. The third-order valence-corrected chi connectivity index (χ3v) is 1.86. The molecule has 1 heterocycles. The van der Waals surface area contributed by atoms with E-state index in [-0.39, 0.29) is 17.4 Å². The number of carbonyl (C=O) groups excluding carboxylic acids is 1. The predicted molar refractivity (Wildman–Crippen MR) is 57.3 cm³/mol. The lowest BCUT2D eigenvalue weighted by Crippen LogP contribution is -2.20. The number of anilines is 1. The van der Waals surface area contributed by atoms with Gasteiger partial charge >= 0.3 is 5.97 Å². The minimum Gasteiger partial charge on any atom is -0.477 e. The summed E-state index contributed by atoms with van der Waals surface area (Å²) >= 11 is 0. The maximum Gasteiger partial charge on any atom is 0.353 e. The third-order valence-electron chi connectivity index (χ3n) is 1.86. The molecule has 0 aliphatic carbocycles. The van der Waals surface area contributed by atoms with E-state index in [1.54, 1.807) is 0 Å². The highest BCUT2D eigenvalue weighted by Gasteiger charge is 2.09. The van der Waals surface area contributed by atoms with Gasteiger partial charge in [-0.15, -0.1) is 0 Å². The number of H-pyrrole nitrogens is 1. The molecule has 0 bridgehead atoms. The Bertz CT molecular complexity index is 386. The Hall–Kier alpha value is -1.89. The van der Waals surface area contributed by atoms with Crippen molar-refractivity contribution in [3.8, 4) is 0 Å². The zero-order valence-corrected chi connectivity index (χ0v) is 9.15. The summed E-state index contributed by atoms with van der Waals surface area (Å²) in [6, 6.07) is 1.27. The van der Waals surface area contributed by atoms with Crippen molar-refractivity contribution in [3.05, 3.63) is 11.8 Å². The van der Waals surface area contributed by atoms with Crippen LogP contribution in [-0.2, 0) is 4.79 Å². The molecule has 0 aliphatic heterocycles. The van der Waals surface area contributed by atoms with Crippen LogP contribution in [0.4, 0.5) is 5.82 Å². The minimum absolute atomic E-state index is 0.0529. The number of nitrogens with zero attached hydrogens (tertiary/aromatic N) is 2. The van der Waals surface area contributed by atoms with Gasteiger partial charge in [0.25, 0.3) is 0 Å². The molecule has 0 unspecified atom stereocenters. The van der Waals surface area contributed by atoms with Crippen LogP contribution in [0, 0.1) is 0 Å². The van der Waals surface area contributed by atoms with Gasteiger partial charge < -0.3 is 15.3 Å². The predicted octanol–water partition coefficient (Wildman–Crippen LogP) is -0.00190. The molecule has 0 saturated heterocycles. The van der Waals surface area contributed by atoms with Gasteiger partial charge in [-0.1, -0.05) is 0 Å². The number of aromatic amines is 1. The number of aromatic nitrogens is 2. The Labute approximate surface area is 92.4 Å². The Morgan fingerprint density at radius 3 is 2.75 bits per heavy atom. The Balaban J connectivity index is 2.46. The van der Waals surface area contributed by atoms with E-state index < -0.39 is 5.97 Å². The zero-order chi connectivity index (χ0) is 12.1. The number of aromatic carboxylic acids is 1. The van der Waals surface area contributed by atoms with E-state index in [4.69, 9.17) is 5.11 Å². The summed E-state index contributed by atoms with van der Waals surface area (Å²) in [5.41, 5.74) is -0.0529. The Morgan fingerprint density at radius 1 is 1.56 bits per heavy atom. The lowest BCUT2D eigenvalue weighted by Gasteiger charge is -2.07. The molecular formula is C9H14N4O3. The van der Waals surface area contributed by atoms with Gasteiger partial charge in [0.15, 0.2) is 5.82 Å². The van der Waals surface area contributed by atoms with Gasteiger partial charge in [0.1, 0.15) is 5.69 Å². The van der Waals surface area contributed by atoms with Crippen molar-refractivity contribution in [2.75, 3.05) is 26.0 Å². The molecule has 1 amide bonds. The zero-order valence-electron chi connectivity index (χ0n) is 9.15. The molecule has 0 fully saturated rings. The van der Waals surface area contributed by atoms with Crippen LogP contribution in [0.1, 0.15) is 16.9 Å². The standard InChI is InChI=1S/C9H14N4O3/c1-13(2)4-3-8(14)10-7-5-6(9(15)16)11-12-7/h5H,3-4H2,1-2H3,(H,15,16)(H2,10,11,12,14). The molecule has 1 aromatic rings. The van der Waals surface area contributed by atoms with E-state index in [0.717, 1.165) is 0 Å². The van der Waals surface area contributed by atoms with Crippen LogP contribution in [0.2, 0.25) is 0 Å². The maximum absolute atomic E-state index is 11.4. The molecule has 3 N–H and O–H groups in total. The summed E-state index contributed by atoms with van der Waals surface area (Å²) in [5.74, 6) is -1.08. The SMILES string of the molecule is CN(C)CCC(=O)Nc1cc(C(=O)O)[nH]n1. The minimum atomic E-state index is -1.11. The van der Waals surface area contributed by atoms with Crippen molar-refractivity contribution in [2.45, 2.75) is 6.42 Å². The second kappa shape index (κ2) is 5.26. The molecule has 0 atom stereocenters. The number of hydrogen-bond donors (Lipinski definition) is 3. The molecule has 0 spiro atoms. The first-order valence-corrected chi connectivity index (χ1v) is 4.72. The molecule has 16 heavy (non-hydrogen) atoms. The Morgan fingerprint density at radius 2 is 2.25 bits per heavy atom. The lowest BCUT2D eigenvalue weighted by molar-refractivity contribution is -0.116. The van der Waals surface area contributed by atoms with E-state index in [1.807, 2.05) is 19.0 Å². The number of hydrogen-bond acceptors (Lipinski definition) is 4. The van der Waals surface area contributed by atoms with Crippen LogP contribution in [0.15, 0.2) is 6.07 Å². The van der Waals surface area contributed by atoms with E-state index in [1.165, 1.54) is 6.07 Å². The van der Waals surface area contributed by atoms with Crippen molar-refractivity contribution >= 4 is 17.7 Å². The van der Waals surface area contributed by atoms with Gasteiger partial charge in [0.05, 0.1) is 0 Å². The van der Waals surface area contributed by atoms with E-state index in [9.17, 15) is 9.59 Å². The molecule has 0 aliphatic rings. The molecule has 1 aromatic heterocycles. The van der Waals surface area contributed by atoms with E-state index in [2.05, 4.69) is 15.5 Å². The second-order valence-corrected chi connectivity index (χ2v) is 3.57. The molecule has 7 heteroatoms. The van der Waals surface area contributed by atoms with E-state index >= 15 is 0 Å². The average Bonchev–Trinajstić information content (AvgIpc) is 2.63. The summed E-state index contributed by atoms with van der Waals surface area (Å²) in [6.45, 7) is 0.627. The largest absolute Gasteiger partial charge is 0.477 e. The van der Waals surface area contributed by atoms with Crippen molar-refractivity contribution in [3.63, 3.8) is 0 Å². The van der Waals surface area contributed by atoms with Gasteiger partial charge in [-0.25, -0.2) is 4.79 Å². The van der Waals surface area contributed by atoms with Gasteiger partial charge in [0, 0.05) is 19.0 Å². The fourth-order valence-corrected chi connectivity index (χ4v) is 1.03. The number of carboxylic acid groups (broad SMARTS) is 1. The summed E-state index contributed by atoms with van der Waals surface area (Å²) in [7, 11) is 3.73. The number of amides is 1. The number of nitrogens with one attached hydrogen (secondary N) is 2. The van der Waals surface area contributed by atoms with Crippen LogP contribution in [0.25, 0.3) is 0 Å². The Kier molecular flexibility index (Phi) is 4.01. The first-order chi connectivity index (χ1) is 7.49. The van der Waals surface area contributed by atoms with Gasteiger partial charge in [-0.2, -0.15) is 5.10 Å². The van der Waals surface area contributed by atoms with Crippen molar-refractivity contribution < 1.29 is 14.7 Å². The summed E-state index contributed by atoms with van der Waals surface area (Å²) in [5, 5.41) is 17.1. The monoisotopic (exact) mass is 226 g/mol. The molecule has 0 aromatic carbocycles. The van der Waals surface area contributed by atoms with Crippen LogP contribution < -0.4 is 5.32 Å². The van der Waals surface area contributed by atoms with Gasteiger partial charge in [0.2, 0.25) is 5.91 Å². The normalized spacial score (nSPS) is 10.4. The maximum atomic E-state index is 11.4. The number of carboxylic acids is 1. The first-order valence-electron chi connectivity index (χ1n) is 4.72. The molecular weight excluding hydrogens is 212 g/mol. The van der Waals surface area contributed by atoms with Crippen molar-refractivity contribution in [2.24, 2.45) is 0 Å². The summed E-state index contributed by atoms with van der Waals surface area (Å²) in [4.78, 5) is 23.8. The van der Waals surface area contributed by atoms with Crippen LogP contribution in [-0.4, -0.2) is 52.7 Å².